The minimum Gasteiger partial charge on any atom is -0.411 e. The summed E-state index contributed by atoms with van der Waals surface area (Å²) in [7, 11) is 0. The van der Waals surface area contributed by atoms with E-state index in [0.29, 0.717) is 0 Å². The van der Waals surface area contributed by atoms with Crippen LogP contribution in [0.25, 0.3) is 16.9 Å². The molecule has 2 aromatic carbocycles. The second kappa shape index (κ2) is 6.25. The molecule has 5 rings (SSSR count). The molecular weight excluding hydrogens is 338 g/mol. The Balaban J connectivity index is 1.61. The van der Waals surface area contributed by atoms with E-state index in [2.05, 4.69) is 21.5 Å². The molecule has 27 heavy (non-hydrogen) atoms. The number of anilines is 2. The summed E-state index contributed by atoms with van der Waals surface area (Å²) in [5, 5.41) is 16.1. The average molecular weight is 355 g/mol. The zero-order chi connectivity index (χ0) is 18.2. The lowest BCUT2D eigenvalue weighted by Gasteiger charge is -2.10. The normalized spacial score (nSPS) is 14.6. The molecule has 6 nitrogen and oxygen atoms in total. The summed E-state index contributed by atoms with van der Waals surface area (Å²) in [4.78, 5) is 8.95. The van der Waals surface area contributed by atoms with Crippen molar-refractivity contribution in [3.8, 4) is 11.3 Å². The summed E-state index contributed by atoms with van der Waals surface area (Å²) in [5.41, 5.74) is 6.64. The average Bonchev–Trinajstić information content (AvgIpc) is 3.30. The molecule has 2 heterocycles. The molecule has 0 saturated carbocycles. The van der Waals surface area contributed by atoms with Crippen molar-refractivity contribution in [1.82, 2.24) is 14.4 Å². The predicted octanol–water partition coefficient (Wildman–Crippen LogP) is 4.26. The minimum absolute atomic E-state index is 0.752. The quantitative estimate of drug-likeness (QED) is 0.425. The van der Waals surface area contributed by atoms with E-state index in [1.807, 2.05) is 53.1 Å². The Morgan fingerprint density at radius 1 is 1.07 bits per heavy atom. The Labute approximate surface area is 155 Å². The molecule has 0 saturated heterocycles. The molecule has 0 unspecified atom stereocenters. The molecule has 0 atom stereocenters. The molecule has 0 amide bonds. The third-order valence-electron chi connectivity index (χ3n) is 4.91. The van der Waals surface area contributed by atoms with Crippen molar-refractivity contribution < 1.29 is 5.21 Å². The Morgan fingerprint density at radius 2 is 1.96 bits per heavy atom. The maximum Gasteiger partial charge on any atom is 0.157 e. The van der Waals surface area contributed by atoms with Crippen LogP contribution in [0.1, 0.15) is 17.5 Å². The molecule has 0 aliphatic heterocycles. The Hall–Kier alpha value is -3.67. The number of aryl methyl sites for hydroxylation is 1. The van der Waals surface area contributed by atoms with E-state index >= 15 is 0 Å². The van der Waals surface area contributed by atoms with Gasteiger partial charge in [-0.05, 0) is 30.5 Å². The topological polar surface area (TPSA) is 74.8 Å². The van der Waals surface area contributed by atoms with Gasteiger partial charge in [-0.3, -0.25) is 9.38 Å². The lowest BCUT2D eigenvalue weighted by molar-refractivity contribution is 0.318. The van der Waals surface area contributed by atoms with Crippen LogP contribution in [-0.2, 0) is 6.42 Å². The molecular formula is C21H17N5O. The van der Waals surface area contributed by atoms with Crippen molar-refractivity contribution in [3.63, 3.8) is 0 Å². The number of oxime groups is 1. The standard InChI is InChI=1S/C21H17N5O/c27-25-18-9-6-15-12-16(7-8-17(15)18)23-21-20(14-4-2-1-3-5-14)24-19-13-22-10-11-26(19)21/h1-5,7-8,10-13,23,27H,6,9H2/b25-18+. The maximum absolute atomic E-state index is 9.13. The van der Waals surface area contributed by atoms with Crippen LogP contribution < -0.4 is 5.32 Å². The molecule has 132 valence electrons. The van der Waals surface area contributed by atoms with E-state index in [-0.39, 0.29) is 0 Å². The fourth-order valence-corrected chi connectivity index (χ4v) is 3.61. The highest BCUT2D eigenvalue weighted by atomic mass is 16.4. The Kier molecular flexibility index (Phi) is 3.60. The molecule has 0 bridgehead atoms. The third kappa shape index (κ3) is 2.62. The lowest BCUT2D eigenvalue weighted by atomic mass is 10.1. The zero-order valence-electron chi connectivity index (χ0n) is 14.5. The molecule has 1 aliphatic rings. The van der Waals surface area contributed by atoms with Crippen LogP contribution in [0.2, 0.25) is 0 Å². The zero-order valence-corrected chi connectivity index (χ0v) is 14.5. The monoisotopic (exact) mass is 355 g/mol. The predicted molar refractivity (Wildman–Crippen MR) is 105 cm³/mol. The van der Waals surface area contributed by atoms with Crippen molar-refractivity contribution in [2.24, 2.45) is 5.16 Å². The Bertz CT molecular complexity index is 1160. The fourth-order valence-electron chi connectivity index (χ4n) is 3.61. The summed E-state index contributed by atoms with van der Waals surface area (Å²) < 4.78 is 2.00. The van der Waals surface area contributed by atoms with Gasteiger partial charge in [-0.2, -0.15) is 0 Å². The van der Waals surface area contributed by atoms with Gasteiger partial charge in [0.15, 0.2) is 5.65 Å². The second-order valence-corrected chi connectivity index (χ2v) is 6.52. The molecule has 0 radical (unpaired) electrons. The number of benzene rings is 2. The number of aromatic nitrogens is 3. The highest BCUT2D eigenvalue weighted by Gasteiger charge is 2.19. The number of hydrogen-bond acceptors (Lipinski definition) is 5. The highest BCUT2D eigenvalue weighted by Crippen LogP contribution is 2.32. The lowest BCUT2D eigenvalue weighted by Crippen LogP contribution is -1.99. The molecule has 0 spiro atoms. The van der Waals surface area contributed by atoms with Gasteiger partial charge in [0.05, 0.1) is 11.9 Å². The highest BCUT2D eigenvalue weighted by molar-refractivity contribution is 6.04. The van der Waals surface area contributed by atoms with Crippen molar-refractivity contribution in [3.05, 3.63) is 78.2 Å². The van der Waals surface area contributed by atoms with E-state index in [1.165, 1.54) is 5.56 Å². The van der Waals surface area contributed by atoms with Gasteiger partial charge in [-0.15, -0.1) is 0 Å². The number of fused-ring (bicyclic) bond motifs is 2. The van der Waals surface area contributed by atoms with Gasteiger partial charge >= 0.3 is 0 Å². The van der Waals surface area contributed by atoms with Gasteiger partial charge in [-0.25, -0.2) is 4.98 Å². The first-order valence-electron chi connectivity index (χ1n) is 8.82. The van der Waals surface area contributed by atoms with Gasteiger partial charge in [0.25, 0.3) is 0 Å². The number of hydrogen-bond donors (Lipinski definition) is 2. The van der Waals surface area contributed by atoms with Crippen LogP contribution in [0.5, 0.6) is 0 Å². The molecule has 6 heteroatoms. The van der Waals surface area contributed by atoms with E-state index < -0.39 is 0 Å². The van der Waals surface area contributed by atoms with Crippen LogP contribution in [0.3, 0.4) is 0 Å². The van der Waals surface area contributed by atoms with Crippen molar-refractivity contribution >= 4 is 22.9 Å². The van der Waals surface area contributed by atoms with Gasteiger partial charge in [0.2, 0.25) is 0 Å². The maximum atomic E-state index is 9.13. The summed E-state index contributed by atoms with van der Waals surface area (Å²) in [6.45, 7) is 0. The largest absolute Gasteiger partial charge is 0.411 e. The summed E-state index contributed by atoms with van der Waals surface area (Å²) >= 11 is 0. The van der Waals surface area contributed by atoms with Gasteiger partial charge in [0.1, 0.15) is 11.5 Å². The van der Waals surface area contributed by atoms with Crippen LogP contribution in [0.4, 0.5) is 11.5 Å². The molecule has 2 N–H and O–H groups in total. The summed E-state index contributed by atoms with van der Waals surface area (Å²) in [5.74, 6) is 0.896. The van der Waals surface area contributed by atoms with E-state index in [0.717, 1.165) is 52.5 Å². The van der Waals surface area contributed by atoms with E-state index in [1.54, 1.807) is 12.4 Å². The first-order chi connectivity index (χ1) is 13.3. The van der Waals surface area contributed by atoms with Gasteiger partial charge in [0, 0.05) is 29.2 Å². The third-order valence-corrected chi connectivity index (χ3v) is 4.91. The molecule has 2 aromatic heterocycles. The van der Waals surface area contributed by atoms with Crippen molar-refractivity contribution in [2.75, 3.05) is 5.32 Å². The molecule has 1 aliphatic carbocycles. The number of nitrogens with zero attached hydrogens (tertiary/aromatic N) is 4. The number of rotatable bonds is 3. The minimum atomic E-state index is 0.752. The van der Waals surface area contributed by atoms with E-state index in [4.69, 9.17) is 10.2 Å². The summed E-state index contributed by atoms with van der Waals surface area (Å²) in [6.07, 6.45) is 7.06. The number of nitrogens with one attached hydrogen (secondary N) is 1. The fraction of sp³-hybridized carbons (Fsp3) is 0.0952. The molecule has 0 fully saturated rings. The van der Waals surface area contributed by atoms with Crippen molar-refractivity contribution in [2.45, 2.75) is 12.8 Å². The SMILES string of the molecule is O/N=C1\CCc2cc(Nc3c(-c4ccccc4)nc4cnccn34)ccc21. The Morgan fingerprint density at radius 3 is 2.81 bits per heavy atom. The number of imidazole rings is 1. The van der Waals surface area contributed by atoms with Crippen molar-refractivity contribution in [1.29, 1.82) is 0 Å². The van der Waals surface area contributed by atoms with Crippen LogP contribution in [0, 0.1) is 0 Å². The van der Waals surface area contributed by atoms with Gasteiger partial charge in [-0.1, -0.05) is 41.6 Å². The van der Waals surface area contributed by atoms with Crippen LogP contribution in [-0.4, -0.2) is 25.3 Å². The first kappa shape index (κ1) is 15.6. The van der Waals surface area contributed by atoms with Crippen LogP contribution >= 0.6 is 0 Å². The first-order valence-corrected chi connectivity index (χ1v) is 8.82. The van der Waals surface area contributed by atoms with Crippen LogP contribution in [0.15, 0.2) is 72.3 Å². The summed E-state index contributed by atoms with van der Waals surface area (Å²) in [6, 6.07) is 16.2. The smallest absolute Gasteiger partial charge is 0.157 e. The second-order valence-electron chi connectivity index (χ2n) is 6.52. The molecule has 4 aromatic rings. The van der Waals surface area contributed by atoms with Gasteiger partial charge < -0.3 is 10.5 Å². The van der Waals surface area contributed by atoms with E-state index in [9.17, 15) is 0 Å².